The normalized spacial score (nSPS) is 21.2. The molecule has 0 bridgehead atoms. The Bertz CT molecular complexity index is 1570. The molecular weight excluding hydrogens is 578 g/mol. The van der Waals surface area contributed by atoms with E-state index >= 15 is 0 Å². The minimum Gasteiger partial charge on any atom is -0.444 e. The highest BCUT2D eigenvalue weighted by Gasteiger charge is 2.43. The van der Waals surface area contributed by atoms with Crippen molar-refractivity contribution in [2.75, 3.05) is 74.9 Å². The van der Waals surface area contributed by atoms with E-state index in [9.17, 15) is 10.1 Å². The topological polar surface area (TPSA) is 141 Å². The maximum Gasteiger partial charge on any atom is 0.410 e. The van der Waals surface area contributed by atoms with Crippen molar-refractivity contribution in [3.63, 3.8) is 0 Å². The van der Waals surface area contributed by atoms with E-state index in [0.717, 1.165) is 67.4 Å². The zero-order valence-electron chi connectivity index (χ0n) is 26.2. The van der Waals surface area contributed by atoms with Gasteiger partial charge in [0.25, 0.3) is 0 Å². The zero-order chi connectivity index (χ0) is 31.2. The monoisotopic (exact) mass is 619 g/mol. The third kappa shape index (κ3) is 5.80. The maximum atomic E-state index is 12.7. The van der Waals surface area contributed by atoms with Crippen LogP contribution in [0, 0.1) is 11.3 Å². The molecule has 1 aliphatic carbocycles. The number of carbonyl (C=O) groups excluding carboxylic acids is 1. The van der Waals surface area contributed by atoms with Crippen LogP contribution >= 0.6 is 11.3 Å². The number of fused-ring (bicyclic) bond motifs is 1. The second-order valence-corrected chi connectivity index (χ2v) is 14.3. The molecule has 3 aromatic rings. The van der Waals surface area contributed by atoms with Crippen molar-refractivity contribution >= 4 is 33.9 Å². The van der Waals surface area contributed by atoms with Crippen LogP contribution in [0.15, 0.2) is 16.7 Å². The number of anilines is 3. The van der Waals surface area contributed by atoms with Crippen LogP contribution < -0.4 is 15.5 Å². The molecule has 2 fully saturated rings. The molecule has 1 atom stereocenters. The van der Waals surface area contributed by atoms with Gasteiger partial charge in [-0.2, -0.15) is 10.2 Å². The van der Waals surface area contributed by atoms with Crippen molar-refractivity contribution in [1.29, 1.82) is 5.26 Å². The number of hydrogen-bond donors (Lipinski definition) is 1. The van der Waals surface area contributed by atoms with Gasteiger partial charge < -0.3 is 34.6 Å². The number of nitriles is 1. The van der Waals surface area contributed by atoms with Crippen molar-refractivity contribution in [3.8, 4) is 17.6 Å². The van der Waals surface area contributed by atoms with Gasteiger partial charge in [-0.1, -0.05) is 5.16 Å². The number of piperazine rings is 2. The molecule has 2 N–H and O–H groups in total. The molecule has 44 heavy (non-hydrogen) atoms. The van der Waals surface area contributed by atoms with Crippen molar-refractivity contribution in [2.24, 2.45) is 0 Å². The molecule has 2 saturated heterocycles. The van der Waals surface area contributed by atoms with Gasteiger partial charge in [-0.25, -0.2) is 9.78 Å². The van der Waals surface area contributed by atoms with Crippen LogP contribution in [0.4, 0.5) is 21.3 Å². The molecule has 6 rings (SSSR count). The van der Waals surface area contributed by atoms with Crippen LogP contribution in [0.3, 0.4) is 0 Å². The number of nitrogens with two attached hydrogens (primary N) is 1. The van der Waals surface area contributed by atoms with Crippen molar-refractivity contribution in [1.82, 2.24) is 24.9 Å². The largest absolute Gasteiger partial charge is 0.444 e. The number of amides is 1. The highest BCUT2D eigenvalue weighted by atomic mass is 32.1. The smallest absolute Gasteiger partial charge is 0.410 e. The summed E-state index contributed by atoms with van der Waals surface area (Å²) in [5, 5.41) is 14.9. The predicted octanol–water partition coefficient (Wildman–Crippen LogP) is 4.10. The number of aryl methyl sites for hydroxylation is 1. The summed E-state index contributed by atoms with van der Waals surface area (Å²) in [6.45, 7) is 13.8. The lowest BCUT2D eigenvalue weighted by atomic mass is 9.72. The predicted molar refractivity (Wildman–Crippen MR) is 170 cm³/mol. The number of carbonyl (C=O) groups is 1. The Labute approximate surface area is 262 Å². The summed E-state index contributed by atoms with van der Waals surface area (Å²) in [5.41, 5.74) is 8.19. The Morgan fingerprint density at radius 3 is 2.48 bits per heavy atom. The molecule has 0 radical (unpaired) electrons. The Kier molecular flexibility index (Phi) is 7.92. The summed E-state index contributed by atoms with van der Waals surface area (Å²) < 4.78 is 11.6. The Morgan fingerprint density at radius 2 is 1.80 bits per heavy atom. The fraction of sp³-hybridized carbons (Fsp3) is 0.581. The molecule has 1 unspecified atom stereocenters. The lowest BCUT2D eigenvalue weighted by molar-refractivity contribution is 0.0240. The van der Waals surface area contributed by atoms with Gasteiger partial charge in [-0.15, -0.1) is 11.3 Å². The minimum absolute atomic E-state index is 0.281. The molecule has 0 aromatic carbocycles. The minimum atomic E-state index is -0.603. The molecule has 234 valence electrons. The van der Waals surface area contributed by atoms with Crippen LogP contribution in [0.2, 0.25) is 0 Å². The van der Waals surface area contributed by atoms with Crippen molar-refractivity contribution in [3.05, 3.63) is 34.0 Å². The number of thiophene rings is 1. The first kappa shape index (κ1) is 30.1. The second kappa shape index (κ2) is 11.6. The maximum absolute atomic E-state index is 12.7. The van der Waals surface area contributed by atoms with E-state index in [4.69, 9.17) is 25.0 Å². The summed E-state index contributed by atoms with van der Waals surface area (Å²) in [6.07, 6.45) is 2.34. The van der Waals surface area contributed by atoms with E-state index in [1.807, 2.05) is 26.8 Å². The molecule has 13 heteroatoms. The number of likely N-dealkylation sites (N-methyl/N-ethyl adjacent to an activating group) is 1. The van der Waals surface area contributed by atoms with Gasteiger partial charge in [0.2, 0.25) is 11.7 Å². The summed E-state index contributed by atoms with van der Waals surface area (Å²) in [5.74, 6) is 1.76. The summed E-state index contributed by atoms with van der Waals surface area (Å²) >= 11 is 1.49. The average Bonchev–Trinajstić information content (AvgIpc) is 3.62. The number of aromatic nitrogens is 3. The number of nitrogens with zero attached hydrogens (tertiary/aromatic N) is 8. The van der Waals surface area contributed by atoms with Gasteiger partial charge in [0.05, 0.1) is 11.0 Å². The van der Waals surface area contributed by atoms with Gasteiger partial charge in [0.15, 0.2) is 0 Å². The van der Waals surface area contributed by atoms with Crippen molar-refractivity contribution in [2.45, 2.75) is 58.0 Å². The standard InChI is InChI=1S/C31H41N9O3S/c1-30(2,3)42-29(41)40-15-13-38(14-16-40)20-17-22(34-24(18-20)39-11-9-37(5)10-12-39)27-35-28(43-36-27)31(4)8-6-7-23-25(31)21(19-32)26(33)44-23/h17-18H,6-16,33H2,1-5H3. The van der Waals surface area contributed by atoms with Gasteiger partial charge in [0, 0.05) is 74.6 Å². The van der Waals surface area contributed by atoms with Gasteiger partial charge >= 0.3 is 6.09 Å². The summed E-state index contributed by atoms with van der Waals surface area (Å²) in [7, 11) is 2.13. The van der Waals surface area contributed by atoms with E-state index in [-0.39, 0.29) is 6.09 Å². The highest BCUT2D eigenvalue weighted by molar-refractivity contribution is 7.16. The quantitative estimate of drug-likeness (QED) is 0.451. The molecule has 2 aliphatic heterocycles. The van der Waals surface area contributed by atoms with Gasteiger partial charge in [-0.3, -0.25) is 0 Å². The van der Waals surface area contributed by atoms with Crippen LogP contribution in [0.1, 0.15) is 62.4 Å². The SMILES string of the molecule is CN1CCN(c2cc(N3CCN(C(=O)OC(C)(C)C)CC3)cc(-c3noc(C4(C)CCCc5sc(N)c(C#N)c54)n3)n2)CC1. The number of nitrogen functional groups attached to an aromatic ring is 1. The molecule has 12 nitrogen and oxygen atoms in total. The molecular formula is C31H41N9O3S. The van der Waals surface area contributed by atoms with E-state index < -0.39 is 11.0 Å². The lowest BCUT2D eigenvalue weighted by Gasteiger charge is -2.37. The number of hydrogen-bond acceptors (Lipinski definition) is 12. The molecule has 1 amide bonds. The Morgan fingerprint density at radius 1 is 1.09 bits per heavy atom. The van der Waals surface area contributed by atoms with E-state index in [1.165, 1.54) is 11.3 Å². The molecule has 3 aliphatic rings. The highest BCUT2D eigenvalue weighted by Crippen LogP contribution is 2.48. The van der Waals surface area contributed by atoms with E-state index in [0.29, 0.717) is 54.2 Å². The second-order valence-electron chi connectivity index (χ2n) is 13.2. The fourth-order valence-corrected chi connectivity index (χ4v) is 7.52. The zero-order valence-corrected chi connectivity index (χ0v) is 27.0. The number of ether oxygens (including phenoxy) is 1. The Hall–Kier alpha value is -3.89. The third-order valence-electron chi connectivity index (χ3n) is 8.80. The summed E-state index contributed by atoms with van der Waals surface area (Å²) in [4.78, 5) is 32.4. The van der Waals surface area contributed by atoms with Crippen molar-refractivity contribution < 1.29 is 14.1 Å². The van der Waals surface area contributed by atoms with E-state index in [1.54, 1.807) is 4.90 Å². The summed E-state index contributed by atoms with van der Waals surface area (Å²) in [6, 6.07) is 6.45. The van der Waals surface area contributed by atoms with Gasteiger partial charge in [-0.05, 0) is 60.1 Å². The molecule has 5 heterocycles. The average molecular weight is 620 g/mol. The Balaban J connectivity index is 1.31. The first-order valence-corrected chi connectivity index (χ1v) is 16.1. The van der Waals surface area contributed by atoms with Gasteiger partial charge in [0.1, 0.15) is 28.2 Å². The van der Waals surface area contributed by atoms with Crippen LogP contribution in [0.5, 0.6) is 0 Å². The van der Waals surface area contributed by atoms with Crippen LogP contribution in [0.25, 0.3) is 11.5 Å². The van der Waals surface area contributed by atoms with Crippen LogP contribution in [-0.2, 0) is 16.6 Å². The molecule has 0 saturated carbocycles. The number of pyridine rings is 1. The first-order valence-electron chi connectivity index (χ1n) is 15.3. The first-order chi connectivity index (χ1) is 20.9. The number of rotatable bonds is 4. The molecule has 0 spiro atoms. The fourth-order valence-electron chi connectivity index (χ4n) is 6.33. The lowest BCUT2D eigenvalue weighted by Crippen LogP contribution is -2.50. The van der Waals surface area contributed by atoms with E-state index in [2.05, 4.69) is 46.0 Å². The molecule has 3 aromatic heterocycles. The third-order valence-corrected chi connectivity index (χ3v) is 9.88. The van der Waals surface area contributed by atoms with Crippen LogP contribution in [-0.4, -0.2) is 96.0 Å².